The van der Waals surface area contributed by atoms with Gasteiger partial charge in [-0.1, -0.05) is 37.3 Å². The summed E-state index contributed by atoms with van der Waals surface area (Å²) < 4.78 is 5.50. The molecule has 27 heavy (non-hydrogen) atoms. The molecule has 1 aromatic rings. The van der Waals surface area contributed by atoms with Crippen LogP contribution in [0.15, 0.2) is 30.3 Å². The third-order valence-electron chi connectivity index (χ3n) is 6.05. The Kier molecular flexibility index (Phi) is 7.68. The molecule has 0 N–H and O–H groups in total. The first kappa shape index (κ1) is 20.3. The highest BCUT2D eigenvalue weighted by atomic mass is 16.5. The Balaban J connectivity index is 1.71. The van der Waals surface area contributed by atoms with Crippen LogP contribution in [0.25, 0.3) is 0 Å². The largest absolute Gasteiger partial charge is 0.379 e. The second-order valence-corrected chi connectivity index (χ2v) is 7.87. The lowest BCUT2D eigenvalue weighted by molar-refractivity contribution is -0.142. The lowest BCUT2D eigenvalue weighted by atomic mass is 10.00. The van der Waals surface area contributed by atoms with Gasteiger partial charge in [0.2, 0.25) is 5.91 Å². The molecule has 5 heteroatoms. The Bertz CT molecular complexity index is 566. The number of hydrogen-bond acceptors (Lipinski definition) is 4. The van der Waals surface area contributed by atoms with Crippen LogP contribution < -0.4 is 0 Å². The number of benzene rings is 1. The van der Waals surface area contributed by atoms with Gasteiger partial charge in [-0.25, -0.2) is 0 Å². The fraction of sp³-hybridized carbons (Fsp3) is 0.682. The van der Waals surface area contributed by atoms with Crippen LogP contribution in [-0.2, 0) is 16.0 Å². The van der Waals surface area contributed by atoms with Gasteiger partial charge in [-0.2, -0.15) is 0 Å². The second-order valence-electron chi connectivity index (χ2n) is 7.87. The van der Waals surface area contributed by atoms with Crippen LogP contribution in [0.5, 0.6) is 0 Å². The summed E-state index contributed by atoms with van der Waals surface area (Å²) >= 11 is 0. The van der Waals surface area contributed by atoms with Crippen molar-refractivity contribution in [1.82, 2.24) is 14.7 Å². The van der Waals surface area contributed by atoms with Gasteiger partial charge >= 0.3 is 0 Å². The van der Waals surface area contributed by atoms with E-state index < -0.39 is 0 Å². The van der Waals surface area contributed by atoms with Crippen LogP contribution in [0.1, 0.15) is 31.7 Å². The van der Waals surface area contributed by atoms with Crippen molar-refractivity contribution in [2.24, 2.45) is 0 Å². The predicted octanol–water partition coefficient (Wildman–Crippen LogP) is 2.26. The molecule has 1 atom stereocenters. The van der Waals surface area contributed by atoms with Gasteiger partial charge < -0.3 is 14.5 Å². The fourth-order valence-corrected chi connectivity index (χ4v) is 4.34. The van der Waals surface area contributed by atoms with Crippen LogP contribution in [0.2, 0.25) is 0 Å². The van der Waals surface area contributed by atoms with E-state index in [1.54, 1.807) is 0 Å². The van der Waals surface area contributed by atoms with Crippen molar-refractivity contribution in [1.29, 1.82) is 0 Å². The SMILES string of the molecule is CC[C@H](C(=O)N(CCc1ccccc1)C1CCN(C)CC1)N1CCOCC1. The number of carbonyl (C=O) groups excluding carboxylic acids is 1. The smallest absolute Gasteiger partial charge is 0.240 e. The number of rotatable bonds is 7. The van der Waals surface area contributed by atoms with Gasteiger partial charge in [0.15, 0.2) is 0 Å². The summed E-state index contributed by atoms with van der Waals surface area (Å²) in [6, 6.07) is 10.9. The molecule has 0 saturated carbocycles. The number of piperidine rings is 1. The average Bonchev–Trinajstić information content (AvgIpc) is 2.71. The molecule has 1 aromatic carbocycles. The molecule has 150 valence electrons. The van der Waals surface area contributed by atoms with Crippen molar-refractivity contribution < 1.29 is 9.53 Å². The van der Waals surface area contributed by atoms with E-state index in [1.807, 2.05) is 0 Å². The Labute approximate surface area is 164 Å². The summed E-state index contributed by atoms with van der Waals surface area (Å²) in [7, 11) is 2.18. The molecule has 2 saturated heterocycles. The van der Waals surface area contributed by atoms with Crippen LogP contribution in [0.4, 0.5) is 0 Å². The molecule has 2 aliphatic rings. The number of ether oxygens (including phenoxy) is 1. The first-order valence-electron chi connectivity index (χ1n) is 10.5. The van der Waals surface area contributed by atoms with E-state index in [2.05, 4.69) is 59.0 Å². The Hall–Kier alpha value is -1.43. The van der Waals surface area contributed by atoms with E-state index in [0.717, 1.165) is 71.6 Å². The monoisotopic (exact) mass is 373 g/mol. The first-order chi connectivity index (χ1) is 13.2. The van der Waals surface area contributed by atoms with Crippen LogP contribution >= 0.6 is 0 Å². The molecule has 0 aromatic heterocycles. The Morgan fingerprint density at radius 3 is 2.44 bits per heavy atom. The van der Waals surface area contributed by atoms with Gasteiger partial charge in [0.1, 0.15) is 0 Å². The van der Waals surface area contributed by atoms with Gasteiger partial charge in [0, 0.05) is 25.7 Å². The number of amides is 1. The summed E-state index contributed by atoms with van der Waals surface area (Å²) in [6.07, 6.45) is 3.96. The predicted molar refractivity (Wildman–Crippen MR) is 109 cm³/mol. The molecular weight excluding hydrogens is 338 g/mol. The maximum Gasteiger partial charge on any atom is 0.240 e. The van der Waals surface area contributed by atoms with E-state index >= 15 is 0 Å². The third-order valence-corrected chi connectivity index (χ3v) is 6.05. The second kappa shape index (κ2) is 10.2. The molecule has 0 bridgehead atoms. The minimum absolute atomic E-state index is 0.00988. The number of likely N-dealkylation sites (tertiary alicyclic amines) is 1. The van der Waals surface area contributed by atoms with Crippen molar-refractivity contribution in [3.8, 4) is 0 Å². The van der Waals surface area contributed by atoms with E-state index in [-0.39, 0.29) is 6.04 Å². The maximum atomic E-state index is 13.6. The Morgan fingerprint density at radius 2 is 1.81 bits per heavy atom. The zero-order valence-electron chi connectivity index (χ0n) is 17.0. The summed E-state index contributed by atoms with van der Waals surface area (Å²) in [5.41, 5.74) is 1.31. The fourth-order valence-electron chi connectivity index (χ4n) is 4.34. The zero-order chi connectivity index (χ0) is 19.1. The minimum Gasteiger partial charge on any atom is -0.379 e. The molecule has 0 unspecified atom stereocenters. The minimum atomic E-state index is -0.00988. The Morgan fingerprint density at radius 1 is 1.15 bits per heavy atom. The quantitative estimate of drug-likeness (QED) is 0.735. The van der Waals surface area contributed by atoms with Crippen molar-refractivity contribution >= 4 is 5.91 Å². The molecule has 2 aliphatic heterocycles. The van der Waals surface area contributed by atoms with E-state index in [1.165, 1.54) is 5.56 Å². The topological polar surface area (TPSA) is 36.0 Å². The van der Waals surface area contributed by atoms with E-state index in [0.29, 0.717) is 11.9 Å². The van der Waals surface area contributed by atoms with Crippen molar-refractivity contribution in [2.45, 2.75) is 44.7 Å². The summed E-state index contributed by atoms with van der Waals surface area (Å²) in [5.74, 6) is 0.324. The number of morpholine rings is 1. The summed E-state index contributed by atoms with van der Waals surface area (Å²) in [6.45, 7) is 8.32. The zero-order valence-corrected chi connectivity index (χ0v) is 17.0. The first-order valence-corrected chi connectivity index (χ1v) is 10.5. The highest BCUT2D eigenvalue weighted by Gasteiger charge is 2.33. The highest BCUT2D eigenvalue weighted by molar-refractivity contribution is 5.82. The standard InChI is InChI=1S/C22H35N3O2/c1-3-21(24-15-17-27-18-16-24)22(26)25(20-10-12-23(2)13-11-20)14-9-19-7-5-4-6-8-19/h4-8,20-21H,3,9-18H2,1-2H3/t21-/m1/s1. The summed E-state index contributed by atoms with van der Waals surface area (Å²) in [4.78, 5) is 20.5. The van der Waals surface area contributed by atoms with Gasteiger partial charge in [0.05, 0.1) is 19.3 Å². The number of nitrogens with zero attached hydrogens (tertiary/aromatic N) is 3. The van der Waals surface area contributed by atoms with E-state index in [9.17, 15) is 4.79 Å². The number of hydrogen-bond donors (Lipinski definition) is 0. The third kappa shape index (κ3) is 5.53. The van der Waals surface area contributed by atoms with Crippen LogP contribution in [0.3, 0.4) is 0 Å². The molecule has 5 nitrogen and oxygen atoms in total. The normalized spacial score (nSPS) is 21.1. The summed E-state index contributed by atoms with van der Waals surface area (Å²) in [5, 5.41) is 0. The molecule has 2 heterocycles. The van der Waals surface area contributed by atoms with Crippen LogP contribution in [-0.4, -0.2) is 85.7 Å². The molecule has 1 amide bonds. The lowest BCUT2D eigenvalue weighted by Crippen LogP contribution is -2.56. The van der Waals surface area contributed by atoms with Gasteiger partial charge in [-0.15, -0.1) is 0 Å². The lowest BCUT2D eigenvalue weighted by Gasteiger charge is -2.41. The molecular formula is C22H35N3O2. The van der Waals surface area contributed by atoms with E-state index in [4.69, 9.17) is 4.74 Å². The molecule has 0 radical (unpaired) electrons. The molecule has 0 spiro atoms. The molecule has 2 fully saturated rings. The van der Waals surface area contributed by atoms with Gasteiger partial charge in [-0.05, 0) is 51.4 Å². The average molecular weight is 374 g/mol. The molecule has 0 aliphatic carbocycles. The van der Waals surface area contributed by atoms with Gasteiger partial charge in [-0.3, -0.25) is 9.69 Å². The number of carbonyl (C=O) groups is 1. The van der Waals surface area contributed by atoms with Gasteiger partial charge in [0.25, 0.3) is 0 Å². The van der Waals surface area contributed by atoms with Crippen molar-refractivity contribution in [2.75, 3.05) is 53.0 Å². The highest BCUT2D eigenvalue weighted by Crippen LogP contribution is 2.20. The van der Waals surface area contributed by atoms with Crippen molar-refractivity contribution in [3.63, 3.8) is 0 Å². The maximum absolute atomic E-state index is 13.6. The van der Waals surface area contributed by atoms with Crippen molar-refractivity contribution in [3.05, 3.63) is 35.9 Å². The molecule has 3 rings (SSSR count). The van der Waals surface area contributed by atoms with Crippen LogP contribution in [0, 0.1) is 0 Å².